The number of anilines is 1. The predicted octanol–water partition coefficient (Wildman–Crippen LogP) is 3.31. The van der Waals surface area contributed by atoms with Gasteiger partial charge in [0.15, 0.2) is 0 Å². The molecule has 0 aliphatic carbocycles. The molecule has 1 saturated heterocycles. The van der Waals surface area contributed by atoms with Crippen molar-refractivity contribution in [2.75, 3.05) is 37.7 Å². The maximum Gasteiger partial charge on any atom is 0.251 e. The predicted molar refractivity (Wildman–Crippen MR) is 120 cm³/mol. The summed E-state index contributed by atoms with van der Waals surface area (Å²) in [5, 5.41) is 6.72. The molecular formula is C22H25Cl2N3O3. The molecule has 2 aromatic rings. The Morgan fingerprint density at radius 3 is 2.73 bits per heavy atom. The van der Waals surface area contributed by atoms with E-state index >= 15 is 0 Å². The Bertz CT molecular complexity index is 907. The summed E-state index contributed by atoms with van der Waals surface area (Å²) in [7, 11) is 0. The third-order valence-corrected chi connectivity index (χ3v) is 5.56. The van der Waals surface area contributed by atoms with Crippen LogP contribution in [-0.4, -0.2) is 50.7 Å². The van der Waals surface area contributed by atoms with Gasteiger partial charge < -0.3 is 20.3 Å². The van der Waals surface area contributed by atoms with Crippen molar-refractivity contribution in [3.8, 4) is 0 Å². The van der Waals surface area contributed by atoms with Crippen molar-refractivity contribution in [2.24, 2.45) is 0 Å². The molecule has 1 aliphatic heterocycles. The molecule has 1 heterocycles. The molecule has 6 nitrogen and oxygen atoms in total. The molecule has 30 heavy (non-hydrogen) atoms. The van der Waals surface area contributed by atoms with E-state index in [-0.39, 0.29) is 24.3 Å². The molecular weight excluding hydrogens is 425 g/mol. The van der Waals surface area contributed by atoms with Crippen molar-refractivity contribution < 1.29 is 14.3 Å². The van der Waals surface area contributed by atoms with Gasteiger partial charge in [-0.2, -0.15) is 0 Å². The molecule has 1 aliphatic rings. The Morgan fingerprint density at radius 2 is 1.97 bits per heavy atom. The number of carbonyl (C=O) groups is 2. The molecule has 0 radical (unpaired) electrons. The van der Waals surface area contributed by atoms with Gasteiger partial charge in [-0.1, -0.05) is 35.3 Å². The number of amides is 2. The highest BCUT2D eigenvalue weighted by Crippen LogP contribution is 2.28. The first-order valence-corrected chi connectivity index (χ1v) is 10.7. The molecule has 2 N–H and O–H groups in total. The fraction of sp³-hybridized carbons (Fsp3) is 0.364. The van der Waals surface area contributed by atoms with Crippen LogP contribution in [0.3, 0.4) is 0 Å². The molecule has 0 spiro atoms. The normalized spacial score (nSPS) is 16.2. The van der Waals surface area contributed by atoms with Gasteiger partial charge in [-0.3, -0.25) is 9.59 Å². The number of carbonyl (C=O) groups excluding carboxylic acids is 2. The minimum Gasteiger partial charge on any atom is -0.373 e. The summed E-state index contributed by atoms with van der Waals surface area (Å²) in [4.78, 5) is 26.5. The summed E-state index contributed by atoms with van der Waals surface area (Å²) in [6, 6.07) is 12.6. The van der Waals surface area contributed by atoms with Gasteiger partial charge in [0.2, 0.25) is 5.91 Å². The molecule has 0 saturated carbocycles. The van der Waals surface area contributed by atoms with E-state index in [4.69, 9.17) is 27.9 Å². The standard InChI is InChI=1S/C22H25Cl2N3O3/c1-2-25-22(29)16-5-3-4-15(10-16)11-21(28)26-13-18-14-27(8-9-30-18)17-6-7-19(23)20(24)12-17/h3-7,10,12,18H,2,8-9,11,13-14H2,1H3,(H,25,29)(H,26,28). The first-order valence-electron chi connectivity index (χ1n) is 9.91. The highest BCUT2D eigenvalue weighted by Gasteiger charge is 2.22. The summed E-state index contributed by atoms with van der Waals surface area (Å²) in [6.07, 6.45) is 0.0787. The fourth-order valence-corrected chi connectivity index (χ4v) is 3.61. The second kappa shape index (κ2) is 10.7. The van der Waals surface area contributed by atoms with E-state index in [1.165, 1.54) is 0 Å². The Kier molecular flexibility index (Phi) is 7.96. The van der Waals surface area contributed by atoms with Crippen LogP contribution in [0.15, 0.2) is 42.5 Å². The molecule has 1 unspecified atom stereocenters. The average Bonchev–Trinajstić information content (AvgIpc) is 2.75. The molecule has 160 valence electrons. The fourth-order valence-electron chi connectivity index (χ4n) is 3.32. The number of hydrogen-bond acceptors (Lipinski definition) is 4. The van der Waals surface area contributed by atoms with Gasteiger partial charge in [0.1, 0.15) is 0 Å². The SMILES string of the molecule is CCNC(=O)c1cccc(CC(=O)NCC2CN(c3ccc(Cl)c(Cl)c3)CCO2)c1. The number of morpholine rings is 1. The zero-order valence-electron chi connectivity index (χ0n) is 16.8. The highest BCUT2D eigenvalue weighted by molar-refractivity contribution is 6.42. The minimum atomic E-state index is -0.141. The maximum atomic E-state index is 12.4. The van der Waals surface area contributed by atoms with Crippen molar-refractivity contribution in [3.63, 3.8) is 0 Å². The minimum absolute atomic E-state index is 0.113. The second-order valence-electron chi connectivity index (χ2n) is 7.08. The Labute approximate surface area is 186 Å². The van der Waals surface area contributed by atoms with Crippen molar-refractivity contribution >= 4 is 40.7 Å². The van der Waals surface area contributed by atoms with Crippen LogP contribution in [0.2, 0.25) is 10.0 Å². The van der Waals surface area contributed by atoms with Gasteiger partial charge >= 0.3 is 0 Å². The van der Waals surface area contributed by atoms with Gasteiger partial charge in [-0.05, 0) is 42.8 Å². The smallest absolute Gasteiger partial charge is 0.251 e. The van der Waals surface area contributed by atoms with E-state index in [0.717, 1.165) is 17.8 Å². The summed E-state index contributed by atoms with van der Waals surface area (Å²) < 4.78 is 5.79. The summed E-state index contributed by atoms with van der Waals surface area (Å²) >= 11 is 12.1. The number of nitrogens with zero attached hydrogens (tertiary/aromatic N) is 1. The van der Waals surface area contributed by atoms with Crippen molar-refractivity contribution in [1.29, 1.82) is 0 Å². The molecule has 3 rings (SSSR count). The molecule has 2 aromatic carbocycles. The first kappa shape index (κ1) is 22.4. The monoisotopic (exact) mass is 449 g/mol. The zero-order chi connectivity index (χ0) is 21.5. The van der Waals surface area contributed by atoms with Gasteiger partial charge in [0.05, 0.1) is 29.2 Å². The van der Waals surface area contributed by atoms with Gasteiger partial charge in [0, 0.05) is 37.4 Å². The van der Waals surface area contributed by atoms with Crippen molar-refractivity contribution in [2.45, 2.75) is 19.4 Å². The van der Waals surface area contributed by atoms with Gasteiger partial charge in [0.25, 0.3) is 5.91 Å². The van der Waals surface area contributed by atoms with Gasteiger partial charge in [-0.15, -0.1) is 0 Å². The lowest BCUT2D eigenvalue weighted by atomic mass is 10.1. The Balaban J connectivity index is 1.51. The lowest BCUT2D eigenvalue weighted by molar-refractivity contribution is -0.121. The number of hydrogen-bond donors (Lipinski definition) is 2. The maximum absolute atomic E-state index is 12.4. The van der Waals surface area contributed by atoms with Crippen molar-refractivity contribution in [1.82, 2.24) is 10.6 Å². The van der Waals surface area contributed by atoms with Crippen LogP contribution >= 0.6 is 23.2 Å². The van der Waals surface area contributed by atoms with Crippen LogP contribution in [-0.2, 0) is 16.0 Å². The number of ether oxygens (including phenoxy) is 1. The summed E-state index contributed by atoms with van der Waals surface area (Å²) in [5.74, 6) is -0.254. The summed E-state index contributed by atoms with van der Waals surface area (Å²) in [5.41, 5.74) is 2.32. The molecule has 2 amide bonds. The largest absolute Gasteiger partial charge is 0.373 e. The second-order valence-corrected chi connectivity index (χ2v) is 7.89. The van der Waals surface area contributed by atoms with E-state index in [2.05, 4.69) is 15.5 Å². The third-order valence-electron chi connectivity index (χ3n) is 4.83. The Morgan fingerprint density at radius 1 is 1.13 bits per heavy atom. The quantitative estimate of drug-likeness (QED) is 0.679. The molecule has 8 heteroatoms. The lowest BCUT2D eigenvalue weighted by Crippen LogP contribution is -2.47. The van der Waals surface area contributed by atoms with Crippen LogP contribution in [0.25, 0.3) is 0 Å². The zero-order valence-corrected chi connectivity index (χ0v) is 18.3. The van der Waals surface area contributed by atoms with E-state index in [1.807, 2.05) is 25.1 Å². The number of rotatable bonds is 7. The first-order chi connectivity index (χ1) is 14.5. The molecule has 0 aromatic heterocycles. The van der Waals surface area contributed by atoms with E-state index in [9.17, 15) is 9.59 Å². The summed E-state index contributed by atoms with van der Waals surface area (Å²) in [6.45, 7) is 4.79. The van der Waals surface area contributed by atoms with Crippen LogP contribution in [0, 0.1) is 0 Å². The molecule has 1 atom stereocenters. The molecule has 1 fully saturated rings. The van der Waals surface area contributed by atoms with E-state index < -0.39 is 0 Å². The average molecular weight is 450 g/mol. The van der Waals surface area contributed by atoms with Gasteiger partial charge in [-0.25, -0.2) is 0 Å². The van der Waals surface area contributed by atoms with Crippen LogP contribution in [0.4, 0.5) is 5.69 Å². The Hall–Kier alpha value is -2.28. The van der Waals surface area contributed by atoms with Crippen LogP contribution < -0.4 is 15.5 Å². The number of benzene rings is 2. The lowest BCUT2D eigenvalue weighted by Gasteiger charge is -2.34. The van der Waals surface area contributed by atoms with Crippen LogP contribution in [0.1, 0.15) is 22.8 Å². The molecule has 0 bridgehead atoms. The van der Waals surface area contributed by atoms with Crippen LogP contribution in [0.5, 0.6) is 0 Å². The van der Waals surface area contributed by atoms with Crippen molar-refractivity contribution in [3.05, 3.63) is 63.6 Å². The number of halogens is 2. The highest BCUT2D eigenvalue weighted by atomic mass is 35.5. The van der Waals surface area contributed by atoms with E-state index in [0.29, 0.717) is 41.8 Å². The third kappa shape index (κ3) is 6.11. The topological polar surface area (TPSA) is 70.7 Å². The van der Waals surface area contributed by atoms with E-state index in [1.54, 1.807) is 24.3 Å². The number of nitrogens with one attached hydrogen (secondary N) is 2.